The molecular weight excluding hydrogens is 423 g/mol. The van der Waals surface area contributed by atoms with Gasteiger partial charge in [0.2, 0.25) is 6.23 Å². The second kappa shape index (κ2) is 7.72. The molecule has 12 heteroatoms. The Morgan fingerprint density at radius 3 is 2.64 bits per heavy atom. The van der Waals surface area contributed by atoms with Crippen molar-refractivity contribution in [2.24, 2.45) is 0 Å². The summed E-state index contributed by atoms with van der Waals surface area (Å²) in [5.41, 5.74) is -1.09. The molecule has 0 aliphatic carbocycles. The van der Waals surface area contributed by atoms with Crippen LogP contribution in [0.1, 0.15) is 16.6 Å². The number of carbonyl (C=O) groups excluding carboxylic acids is 1. The number of ether oxygens (including phenoxy) is 1. The van der Waals surface area contributed by atoms with Gasteiger partial charge in [0.15, 0.2) is 6.10 Å². The van der Waals surface area contributed by atoms with Gasteiger partial charge in [0, 0.05) is 11.2 Å². The summed E-state index contributed by atoms with van der Waals surface area (Å²) in [6.07, 6.45) is -5.08. The van der Waals surface area contributed by atoms with E-state index in [0.29, 0.717) is 9.59 Å². The van der Waals surface area contributed by atoms with Crippen molar-refractivity contribution in [3.63, 3.8) is 0 Å². The number of hydrogen-bond acceptors (Lipinski definition) is 6. The molecule has 3 N–H and O–H groups in total. The molecule has 1 aromatic carbocycles. The van der Waals surface area contributed by atoms with Crippen molar-refractivity contribution in [1.29, 1.82) is 0 Å². The number of nitrogens with one attached hydrogen (secondary N) is 1. The fourth-order valence-electron chi connectivity index (χ4n) is 2.64. The maximum absolute atomic E-state index is 14.1. The minimum Gasteiger partial charge on any atom is -0.394 e. The highest BCUT2D eigenvalue weighted by molar-refractivity contribution is 6.37. The molecule has 8 nitrogen and oxygen atoms in total. The minimum atomic E-state index is -3.83. The van der Waals surface area contributed by atoms with Gasteiger partial charge < -0.3 is 20.3 Å². The topological polar surface area (TPSA) is 114 Å². The number of carbonyl (C=O) groups is 1. The summed E-state index contributed by atoms with van der Waals surface area (Å²) in [6.45, 7) is -0.856. The van der Waals surface area contributed by atoms with Crippen LogP contribution in [0.15, 0.2) is 35.3 Å². The molecule has 2 aromatic rings. The zero-order valence-electron chi connectivity index (χ0n) is 13.9. The van der Waals surface area contributed by atoms with E-state index < -0.39 is 42.6 Å². The third kappa shape index (κ3) is 3.74. The van der Waals surface area contributed by atoms with E-state index in [1.54, 1.807) is 0 Å². The average Bonchev–Trinajstić information content (AvgIpc) is 2.85. The molecule has 28 heavy (non-hydrogen) atoms. The number of aliphatic hydroxyl groups excluding tert-OH is 2. The molecule has 1 aliphatic heterocycles. The van der Waals surface area contributed by atoms with Crippen LogP contribution in [0.3, 0.4) is 0 Å². The number of halogens is 4. The standard InChI is InChI=1S/C16H13Cl2F2N3O5/c17-7-1-2-8(9(18)5-7)13(26)21-11-3-4-23(15(27)22-11)14-16(19,20)12(25)10(6-24)28-14/h1-5,10,12,14,24-25H,6H2,(H,21,22,26,27)/t10-,12-,14?/m1/s1. The number of hydrogen-bond donors (Lipinski definition) is 3. The first-order chi connectivity index (χ1) is 13.1. The van der Waals surface area contributed by atoms with Crippen molar-refractivity contribution in [1.82, 2.24) is 9.55 Å². The van der Waals surface area contributed by atoms with Gasteiger partial charge in [-0.15, -0.1) is 0 Å². The van der Waals surface area contributed by atoms with Gasteiger partial charge in [-0.05, 0) is 24.3 Å². The van der Waals surface area contributed by atoms with Crippen LogP contribution in [-0.2, 0) is 4.74 Å². The van der Waals surface area contributed by atoms with Crippen LogP contribution in [-0.4, -0.2) is 50.4 Å². The van der Waals surface area contributed by atoms with Crippen molar-refractivity contribution in [2.75, 3.05) is 11.9 Å². The van der Waals surface area contributed by atoms with E-state index in [4.69, 9.17) is 33.0 Å². The van der Waals surface area contributed by atoms with Crippen molar-refractivity contribution in [3.05, 3.63) is 56.6 Å². The van der Waals surface area contributed by atoms with Crippen LogP contribution in [0.2, 0.25) is 10.0 Å². The first kappa shape index (κ1) is 20.6. The first-order valence-electron chi connectivity index (χ1n) is 7.83. The maximum atomic E-state index is 14.1. The lowest BCUT2D eigenvalue weighted by molar-refractivity contribution is -0.140. The molecule has 2 heterocycles. The zero-order chi connectivity index (χ0) is 20.6. The molecule has 0 bridgehead atoms. The van der Waals surface area contributed by atoms with Gasteiger partial charge in [0.1, 0.15) is 11.9 Å². The van der Waals surface area contributed by atoms with Gasteiger partial charge in [0.05, 0.1) is 17.2 Å². The molecule has 3 atom stereocenters. The summed E-state index contributed by atoms with van der Waals surface area (Å²) < 4.78 is 33.6. The molecule has 150 valence electrons. The van der Waals surface area contributed by atoms with Crippen molar-refractivity contribution >= 4 is 34.9 Å². The highest BCUT2D eigenvalue weighted by atomic mass is 35.5. The lowest BCUT2D eigenvalue weighted by Gasteiger charge is -2.21. The van der Waals surface area contributed by atoms with Gasteiger partial charge in [-0.2, -0.15) is 13.8 Å². The van der Waals surface area contributed by atoms with E-state index in [-0.39, 0.29) is 16.4 Å². The quantitative estimate of drug-likeness (QED) is 0.673. The number of benzene rings is 1. The van der Waals surface area contributed by atoms with Crippen molar-refractivity contribution < 1.29 is 28.5 Å². The summed E-state index contributed by atoms with van der Waals surface area (Å²) in [5, 5.41) is 21.3. The summed E-state index contributed by atoms with van der Waals surface area (Å²) >= 11 is 11.7. The molecule has 1 aromatic heterocycles. The van der Waals surface area contributed by atoms with Crippen LogP contribution in [0.25, 0.3) is 0 Å². The normalized spacial score (nSPS) is 23.6. The highest BCUT2D eigenvalue weighted by Gasteiger charge is 2.59. The van der Waals surface area contributed by atoms with Crippen LogP contribution < -0.4 is 11.0 Å². The van der Waals surface area contributed by atoms with Crippen LogP contribution in [0.5, 0.6) is 0 Å². The van der Waals surface area contributed by atoms with Crippen molar-refractivity contribution in [2.45, 2.75) is 24.4 Å². The Balaban J connectivity index is 1.83. The third-order valence-corrected chi connectivity index (χ3v) is 4.61. The Morgan fingerprint density at radius 1 is 1.36 bits per heavy atom. The van der Waals surface area contributed by atoms with E-state index in [0.717, 1.165) is 12.3 Å². The Bertz CT molecular complexity index is 972. The summed E-state index contributed by atoms with van der Waals surface area (Å²) in [6, 6.07) is 5.26. The molecule has 1 amide bonds. The average molecular weight is 436 g/mol. The van der Waals surface area contributed by atoms with E-state index in [1.165, 1.54) is 18.2 Å². The number of aromatic nitrogens is 2. The van der Waals surface area contributed by atoms with Crippen molar-refractivity contribution in [3.8, 4) is 0 Å². The van der Waals surface area contributed by atoms with Crippen LogP contribution >= 0.6 is 23.2 Å². The Labute approximate surface area is 166 Å². The van der Waals surface area contributed by atoms with E-state index in [2.05, 4.69) is 10.3 Å². The fraction of sp³-hybridized carbons (Fsp3) is 0.312. The monoisotopic (exact) mass is 435 g/mol. The lowest BCUT2D eigenvalue weighted by atomic mass is 10.1. The molecule has 1 saturated heterocycles. The van der Waals surface area contributed by atoms with E-state index in [9.17, 15) is 23.5 Å². The Morgan fingerprint density at radius 2 is 2.07 bits per heavy atom. The van der Waals surface area contributed by atoms with Crippen LogP contribution in [0, 0.1) is 0 Å². The highest BCUT2D eigenvalue weighted by Crippen LogP contribution is 2.41. The number of amides is 1. The maximum Gasteiger partial charge on any atom is 0.351 e. The van der Waals surface area contributed by atoms with E-state index >= 15 is 0 Å². The van der Waals surface area contributed by atoms with Gasteiger partial charge in [-0.25, -0.2) is 4.79 Å². The summed E-state index contributed by atoms with van der Waals surface area (Å²) in [5.74, 6) is -4.73. The first-order valence-corrected chi connectivity index (χ1v) is 8.58. The molecule has 0 spiro atoms. The predicted molar refractivity (Wildman–Crippen MR) is 94.9 cm³/mol. The Hall–Kier alpha value is -2.11. The molecule has 1 unspecified atom stereocenters. The Kier molecular flexibility index (Phi) is 5.69. The molecular formula is C16H13Cl2F2N3O5. The lowest BCUT2D eigenvalue weighted by Crippen LogP contribution is -2.41. The second-order valence-electron chi connectivity index (χ2n) is 5.91. The molecule has 0 saturated carbocycles. The van der Waals surface area contributed by atoms with Gasteiger partial charge >= 0.3 is 11.6 Å². The van der Waals surface area contributed by atoms with Gasteiger partial charge in [0.25, 0.3) is 5.91 Å². The second-order valence-corrected chi connectivity index (χ2v) is 6.75. The SMILES string of the molecule is O=C(Nc1ccn(C2O[C@H](CO)[C@@H](O)C2(F)F)c(=O)n1)c1ccc(Cl)cc1Cl. The molecule has 1 fully saturated rings. The van der Waals surface area contributed by atoms with E-state index in [1.807, 2.05) is 0 Å². The summed E-state index contributed by atoms with van der Waals surface area (Å²) in [7, 11) is 0. The largest absolute Gasteiger partial charge is 0.394 e. The summed E-state index contributed by atoms with van der Waals surface area (Å²) in [4.78, 5) is 27.9. The number of nitrogens with zero attached hydrogens (tertiary/aromatic N) is 2. The zero-order valence-corrected chi connectivity index (χ0v) is 15.4. The molecule has 3 rings (SSSR count). The number of rotatable bonds is 4. The van der Waals surface area contributed by atoms with Gasteiger partial charge in [-0.1, -0.05) is 23.2 Å². The third-order valence-electron chi connectivity index (χ3n) is 4.06. The fourth-order valence-corrected chi connectivity index (χ4v) is 3.13. The van der Waals surface area contributed by atoms with Gasteiger partial charge in [-0.3, -0.25) is 9.36 Å². The predicted octanol–water partition coefficient (Wildman–Crippen LogP) is 1.69. The van der Waals surface area contributed by atoms with Crippen LogP contribution in [0.4, 0.5) is 14.6 Å². The number of aliphatic hydroxyl groups is 2. The molecule has 1 aliphatic rings. The number of anilines is 1. The number of alkyl halides is 2. The smallest absolute Gasteiger partial charge is 0.351 e. The molecule has 0 radical (unpaired) electrons. The minimum absolute atomic E-state index is 0.0663.